The van der Waals surface area contributed by atoms with Crippen molar-refractivity contribution in [1.29, 1.82) is 0 Å². The first-order chi connectivity index (χ1) is 33.5. The third-order valence-corrected chi connectivity index (χ3v) is 14.3. The number of anilines is 6. The van der Waals surface area contributed by atoms with Crippen LogP contribution in [-0.2, 0) is 5.41 Å². The van der Waals surface area contributed by atoms with Crippen molar-refractivity contribution in [2.45, 2.75) is 19.3 Å². The molecule has 0 atom stereocenters. The van der Waals surface area contributed by atoms with E-state index in [0.717, 1.165) is 50.9 Å². The molecule has 0 fully saturated rings. The van der Waals surface area contributed by atoms with E-state index in [1.54, 1.807) is 0 Å². The Bertz CT molecular complexity index is 3900. The normalized spacial score (nSPS) is 12.7. The van der Waals surface area contributed by atoms with Crippen LogP contribution < -0.4 is 9.80 Å². The van der Waals surface area contributed by atoms with Crippen molar-refractivity contribution >= 4 is 77.5 Å². The fourth-order valence-corrected chi connectivity index (χ4v) is 11.0. The van der Waals surface area contributed by atoms with Crippen LogP contribution in [0.15, 0.2) is 249 Å². The van der Waals surface area contributed by atoms with Gasteiger partial charge in [-0.3, -0.25) is 0 Å². The van der Waals surface area contributed by atoms with Crippen LogP contribution in [0.4, 0.5) is 34.1 Å². The summed E-state index contributed by atoms with van der Waals surface area (Å²) in [6.07, 6.45) is 0. The van der Waals surface area contributed by atoms with E-state index in [9.17, 15) is 0 Å². The molecule has 1 heterocycles. The Hall–Kier alpha value is -8.66. The maximum Gasteiger partial charge on any atom is 0.0541 e. The molecule has 0 saturated carbocycles. The van der Waals surface area contributed by atoms with Gasteiger partial charge in [-0.25, -0.2) is 0 Å². The van der Waals surface area contributed by atoms with Gasteiger partial charge in [0, 0.05) is 55.7 Å². The van der Waals surface area contributed by atoms with Crippen molar-refractivity contribution in [3.8, 4) is 27.9 Å². The zero-order valence-electron chi connectivity index (χ0n) is 38.0. The highest BCUT2D eigenvalue weighted by molar-refractivity contribution is 6.11. The molecule has 0 N–H and O–H groups in total. The Balaban J connectivity index is 1.07. The Kier molecular flexibility index (Phi) is 9.19. The largest absolute Gasteiger partial charge is 0.310 e. The van der Waals surface area contributed by atoms with E-state index in [1.807, 2.05) is 0 Å². The molecule has 3 nitrogen and oxygen atoms in total. The van der Waals surface area contributed by atoms with Gasteiger partial charge in [0.25, 0.3) is 0 Å². The first-order valence-corrected chi connectivity index (χ1v) is 23.6. The Morgan fingerprint density at radius 2 is 0.941 bits per heavy atom. The number of nitrogens with zero attached hydrogens (tertiary/aromatic N) is 3. The second-order valence-electron chi connectivity index (χ2n) is 18.6. The molecule has 0 unspecified atom stereocenters. The Labute approximate surface area is 397 Å². The highest BCUT2D eigenvalue weighted by atomic mass is 15.2. The fraction of sp³-hybridized carbons (Fsp3) is 0.0462. The van der Waals surface area contributed by atoms with Crippen LogP contribution in [-0.4, -0.2) is 4.57 Å². The van der Waals surface area contributed by atoms with Gasteiger partial charge in [-0.1, -0.05) is 172 Å². The molecule has 1 aliphatic carbocycles. The summed E-state index contributed by atoms with van der Waals surface area (Å²) in [5, 5.41) is 7.29. The summed E-state index contributed by atoms with van der Waals surface area (Å²) in [5.41, 5.74) is 17.5. The minimum Gasteiger partial charge on any atom is -0.310 e. The average molecular weight is 870 g/mol. The first-order valence-electron chi connectivity index (χ1n) is 23.6. The lowest BCUT2D eigenvalue weighted by atomic mass is 9.82. The molecule has 12 aromatic rings. The summed E-state index contributed by atoms with van der Waals surface area (Å²) in [4.78, 5) is 4.88. The van der Waals surface area contributed by atoms with Crippen LogP contribution in [0, 0.1) is 0 Å². The van der Waals surface area contributed by atoms with Crippen molar-refractivity contribution < 1.29 is 0 Å². The van der Waals surface area contributed by atoms with Crippen LogP contribution in [0.5, 0.6) is 0 Å². The molecule has 0 radical (unpaired) electrons. The topological polar surface area (TPSA) is 11.4 Å². The SMILES string of the molecule is CC1(C)c2ccccc2-c2ccc(N(c3ccccc3)c3cc(-c4ccc5c(c4)c4ccccc4n5-c4ccc5ccccc5c4)cc(N(c4ccccc4)c4cccc5ccccc45)c3)cc21. The molecule has 0 spiro atoms. The maximum atomic E-state index is 2.45. The summed E-state index contributed by atoms with van der Waals surface area (Å²) >= 11 is 0. The summed E-state index contributed by atoms with van der Waals surface area (Å²) in [6, 6.07) is 91.4. The zero-order valence-corrected chi connectivity index (χ0v) is 38.0. The van der Waals surface area contributed by atoms with Gasteiger partial charge in [0.2, 0.25) is 0 Å². The number of rotatable bonds is 8. The number of hydrogen-bond acceptors (Lipinski definition) is 2. The van der Waals surface area contributed by atoms with Crippen LogP contribution in [0.3, 0.4) is 0 Å². The molecule has 1 aliphatic rings. The van der Waals surface area contributed by atoms with Crippen molar-refractivity contribution in [3.05, 3.63) is 260 Å². The zero-order chi connectivity index (χ0) is 45.3. The van der Waals surface area contributed by atoms with Crippen LogP contribution in [0.1, 0.15) is 25.0 Å². The van der Waals surface area contributed by atoms with E-state index in [2.05, 4.69) is 277 Å². The molecule has 0 amide bonds. The van der Waals surface area contributed by atoms with Crippen molar-refractivity contribution in [3.63, 3.8) is 0 Å². The van der Waals surface area contributed by atoms with E-state index in [4.69, 9.17) is 0 Å². The number of aromatic nitrogens is 1. The highest BCUT2D eigenvalue weighted by Gasteiger charge is 2.36. The predicted molar refractivity (Wildman–Crippen MR) is 288 cm³/mol. The standard InChI is InChI=1S/C65H47N3/c1-65(2)60-29-15-13-27-56(60)57-36-35-52(43-61(57)65)66(49-22-5-3-6-23-49)53-39-48(40-54(42-53)67(50-24-7-4-8-25-50)62-31-17-21-45-19-11-12-26-55(45)62)47-33-37-64-59(41-47)58-28-14-16-30-63(58)68(64)51-34-32-44-18-9-10-20-46(44)38-51/h3-43H,1-2H3. The van der Waals surface area contributed by atoms with Gasteiger partial charge in [0.1, 0.15) is 0 Å². The minimum atomic E-state index is -0.156. The maximum absolute atomic E-state index is 2.45. The Morgan fingerprint density at radius 1 is 0.324 bits per heavy atom. The summed E-state index contributed by atoms with van der Waals surface area (Å²) in [6.45, 7) is 4.73. The molecule has 3 heteroatoms. The quantitative estimate of drug-likeness (QED) is 0.151. The second kappa shape index (κ2) is 15.8. The second-order valence-corrected chi connectivity index (χ2v) is 18.6. The molecule has 0 aliphatic heterocycles. The number of para-hydroxylation sites is 3. The molecule has 68 heavy (non-hydrogen) atoms. The lowest BCUT2D eigenvalue weighted by molar-refractivity contribution is 0.660. The third-order valence-electron chi connectivity index (χ3n) is 14.3. The molecule has 1 aromatic heterocycles. The highest BCUT2D eigenvalue weighted by Crippen LogP contribution is 2.52. The molecule has 322 valence electrons. The van der Waals surface area contributed by atoms with Gasteiger partial charge in [0.05, 0.1) is 16.7 Å². The molecule has 0 bridgehead atoms. The van der Waals surface area contributed by atoms with Crippen molar-refractivity contribution in [1.82, 2.24) is 4.57 Å². The minimum absolute atomic E-state index is 0.156. The van der Waals surface area contributed by atoms with Crippen LogP contribution >= 0.6 is 0 Å². The lowest BCUT2D eigenvalue weighted by Crippen LogP contribution is -2.17. The van der Waals surface area contributed by atoms with Crippen LogP contribution in [0.2, 0.25) is 0 Å². The van der Waals surface area contributed by atoms with Gasteiger partial charge < -0.3 is 14.4 Å². The van der Waals surface area contributed by atoms with E-state index < -0.39 is 0 Å². The smallest absolute Gasteiger partial charge is 0.0541 e. The van der Waals surface area contributed by atoms with Crippen molar-refractivity contribution in [2.24, 2.45) is 0 Å². The van der Waals surface area contributed by atoms with Gasteiger partial charge in [0.15, 0.2) is 0 Å². The molecule has 11 aromatic carbocycles. The van der Waals surface area contributed by atoms with Gasteiger partial charge in [-0.15, -0.1) is 0 Å². The monoisotopic (exact) mass is 869 g/mol. The first kappa shape index (κ1) is 39.7. The van der Waals surface area contributed by atoms with Gasteiger partial charge >= 0.3 is 0 Å². The lowest BCUT2D eigenvalue weighted by Gasteiger charge is -2.31. The number of fused-ring (bicyclic) bond motifs is 8. The molecule has 0 saturated heterocycles. The average Bonchev–Trinajstić information content (AvgIpc) is 3.84. The van der Waals surface area contributed by atoms with E-state index in [0.29, 0.717) is 0 Å². The van der Waals surface area contributed by atoms with Crippen molar-refractivity contribution in [2.75, 3.05) is 9.80 Å². The third kappa shape index (κ3) is 6.42. The summed E-state index contributed by atoms with van der Waals surface area (Å²) in [5.74, 6) is 0. The summed E-state index contributed by atoms with van der Waals surface area (Å²) < 4.78 is 2.42. The molecular weight excluding hydrogens is 823 g/mol. The predicted octanol–water partition coefficient (Wildman–Crippen LogP) is 18.0. The van der Waals surface area contributed by atoms with Gasteiger partial charge in [-0.2, -0.15) is 0 Å². The van der Waals surface area contributed by atoms with E-state index in [-0.39, 0.29) is 5.41 Å². The van der Waals surface area contributed by atoms with E-state index >= 15 is 0 Å². The van der Waals surface area contributed by atoms with Crippen LogP contribution in [0.25, 0.3) is 71.3 Å². The number of hydrogen-bond donors (Lipinski definition) is 0. The fourth-order valence-electron chi connectivity index (χ4n) is 11.0. The number of benzene rings is 11. The Morgan fingerprint density at radius 3 is 1.75 bits per heavy atom. The summed E-state index contributed by atoms with van der Waals surface area (Å²) in [7, 11) is 0. The van der Waals surface area contributed by atoms with E-state index in [1.165, 1.54) is 65.6 Å². The molecular formula is C65H47N3. The van der Waals surface area contributed by atoms with Gasteiger partial charge in [-0.05, 0) is 141 Å². The molecule has 13 rings (SSSR count).